The van der Waals surface area contributed by atoms with Crippen LogP contribution >= 0.6 is 11.3 Å². The highest BCUT2D eigenvalue weighted by molar-refractivity contribution is 7.20. The van der Waals surface area contributed by atoms with E-state index in [1.165, 1.54) is 11.3 Å². The Morgan fingerprint density at radius 2 is 2.22 bits per heavy atom. The normalized spacial score (nSPS) is 20.4. The van der Waals surface area contributed by atoms with Crippen LogP contribution in [-0.2, 0) is 12.0 Å². The largest absolute Gasteiger partial charge is 0.469 e. The maximum absolute atomic E-state index is 12.4. The average molecular weight is 327 g/mol. The van der Waals surface area contributed by atoms with Crippen LogP contribution in [0.25, 0.3) is 10.1 Å². The molecule has 3 aromatic rings. The molecule has 0 radical (unpaired) electrons. The lowest BCUT2D eigenvalue weighted by Gasteiger charge is -2.31. The molecule has 1 atom stereocenters. The van der Waals surface area contributed by atoms with Crippen molar-refractivity contribution in [3.05, 3.63) is 58.9 Å². The lowest BCUT2D eigenvalue weighted by atomic mass is 9.83. The summed E-state index contributed by atoms with van der Waals surface area (Å²) in [6.07, 6.45) is 3.94. The van der Waals surface area contributed by atoms with Crippen LogP contribution in [-0.4, -0.2) is 17.6 Å². The third kappa shape index (κ3) is 2.56. The summed E-state index contributed by atoms with van der Waals surface area (Å²) in [5.41, 5.74) is -0.229. The van der Waals surface area contributed by atoms with Crippen molar-refractivity contribution >= 4 is 27.3 Å². The van der Waals surface area contributed by atoms with E-state index in [-0.39, 0.29) is 12.5 Å². The quantitative estimate of drug-likeness (QED) is 0.774. The molecule has 118 valence electrons. The molecule has 0 saturated carbocycles. The SMILES string of the molecule is O=C(NCC1(O)CCCc2occc21)c1cc2ccccc2s1. The number of thiophene rings is 1. The summed E-state index contributed by atoms with van der Waals surface area (Å²) in [5.74, 6) is 0.685. The summed E-state index contributed by atoms with van der Waals surface area (Å²) in [5, 5.41) is 14.8. The molecule has 1 amide bonds. The van der Waals surface area contributed by atoms with Gasteiger partial charge < -0.3 is 14.8 Å². The summed E-state index contributed by atoms with van der Waals surface area (Å²) in [6, 6.07) is 11.6. The van der Waals surface area contributed by atoms with Crippen LogP contribution in [0.4, 0.5) is 0 Å². The van der Waals surface area contributed by atoms with E-state index >= 15 is 0 Å². The molecule has 1 aromatic carbocycles. The third-order valence-corrected chi connectivity index (χ3v) is 5.55. The summed E-state index contributed by atoms with van der Waals surface area (Å²) in [7, 11) is 0. The van der Waals surface area contributed by atoms with E-state index < -0.39 is 5.60 Å². The highest BCUT2D eigenvalue weighted by Gasteiger charge is 2.36. The fourth-order valence-electron chi connectivity index (χ4n) is 3.22. The van der Waals surface area contributed by atoms with E-state index in [4.69, 9.17) is 4.42 Å². The standard InChI is InChI=1S/C18H17NO3S/c20-17(16-10-12-4-1-2-6-15(12)23-16)19-11-18(21)8-3-5-14-13(18)7-9-22-14/h1-2,4,6-7,9-10,21H,3,5,8,11H2,(H,19,20). The first-order chi connectivity index (χ1) is 11.2. The molecule has 4 rings (SSSR count). The van der Waals surface area contributed by atoms with Gasteiger partial charge in [0, 0.05) is 16.7 Å². The minimum Gasteiger partial charge on any atom is -0.469 e. The molecule has 0 saturated heterocycles. The molecule has 0 aliphatic heterocycles. The van der Waals surface area contributed by atoms with Crippen LogP contribution in [0, 0.1) is 0 Å². The summed E-state index contributed by atoms with van der Waals surface area (Å²) < 4.78 is 6.50. The van der Waals surface area contributed by atoms with Gasteiger partial charge >= 0.3 is 0 Å². The van der Waals surface area contributed by atoms with Crippen LogP contribution in [0.3, 0.4) is 0 Å². The molecule has 0 spiro atoms. The number of benzene rings is 1. The molecule has 0 bridgehead atoms. The second kappa shape index (κ2) is 5.51. The maximum atomic E-state index is 12.4. The Labute approximate surface area is 137 Å². The fraction of sp³-hybridized carbons (Fsp3) is 0.278. The number of carbonyl (C=O) groups excluding carboxylic acids is 1. The van der Waals surface area contributed by atoms with Gasteiger partial charge in [0.2, 0.25) is 0 Å². The lowest BCUT2D eigenvalue weighted by molar-refractivity contribution is 0.0169. The maximum Gasteiger partial charge on any atom is 0.261 e. The molecule has 2 heterocycles. The van der Waals surface area contributed by atoms with Gasteiger partial charge in [-0.2, -0.15) is 0 Å². The van der Waals surface area contributed by atoms with Crippen LogP contribution < -0.4 is 5.32 Å². The van der Waals surface area contributed by atoms with Crippen LogP contribution in [0.1, 0.15) is 33.8 Å². The monoisotopic (exact) mass is 327 g/mol. The zero-order valence-corrected chi connectivity index (χ0v) is 13.4. The molecule has 2 N–H and O–H groups in total. The molecule has 0 fully saturated rings. The van der Waals surface area contributed by atoms with Gasteiger partial charge in [-0.25, -0.2) is 0 Å². The van der Waals surface area contributed by atoms with Crippen molar-refractivity contribution in [2.75, 3.05) is 6.54 Å². The molecule has 4 nitrogen and oxygen atoms in total. The summed E-state index contributed by atoms with van der Waals surface area (Å²) in [4.78, 5) is 13.1. The van der Waals surface area contributed by atoms with Crippen molar-refractivity contribution in [3.63, 3.8) is 0 Å². The Bertz CT molecular complexity index is 833. The van der Waals surface area contributed by atoms with Crippen molar-refractivity contribution in [2.45, 2.75) is 24.9 Å². The second-order valence-electron chi connectivity index (χ2n) is 5.97. The molecule has 1 unspecified atom stereocenters. The number of aryl methyl sites for hydroxylation is 1. The van der Waals surface area contributed by atoms with Gasteiger partial charge in [0.1, 0.15) is 11.4 Å². The fourth-order valence-corrected chi connectivity index (χ4v) is 4.20. The molecule has 5 heteroatoms. The second-order valence-corrected chi connectivity index (χ2v) is 7.06. The highest BCUT2D eigenvalue weighted by Crippen LogP contribution is 2.35. The van der Waals surface area contributed by atoms with E-state index in [0.717, 1.165) is 34.3 Å². The average Bonchev–Trinajstić information content (AvgIpc) is 3.20. The van der Waals surface area contributed by atoms with E-state index in [9.17, 15) is 9.90 Å². The van der Waals surface area contributed by atoms with Gasteiger partial charge in [0.05, 0.1) is 17.7 Å². The van der Waals surface area contributed by atoms with Crippen LogP contribution in [0.2, 0.25) is 0 Å². The highest BCUT2D eigenvalue weighted by atomic mass is 32.1. The molecular formula is C18H17NO3S. The molecule has 2 aromatic heterocycles. The summed E-state index contributed by atoms with van der Waals surface area (Å²) >= 11 is 1.47. The number of hydrogen-bond donors (Lipinski definition) is 2. The minimum atomic E-state index is -1.03. The Balaban J connectivity index is 1.52. The van der Waals surface area contributed by atoms with Crippen molar-refractivity contribution in [1.29, 1.82) is 0 Å². The Morgan fingerprint density at radius 1 is 1.35 bits per heavy atom. The van der Waals surface area contributed by atoms with Gasteiger partial charge in [-0.05, 0) is 36.4 Å². The Hall–Kier alpha value is -2.11. The van der Waals surface area contributed by atoms with E-state index in [1.54, 1.807) is 12.3 Å². The van der Waals surface area contributed by atoms with E-state index in [0.29, 0.717) is 11.3 Å². The Kier molecular flexibility index (Phi) is 3.47. The zero-order chi connectivity index (χ0) is 15.9. The number of carbonyl (C=O) groups is 1. The molecule has 23 heavy (non-hydrogen) atoms. The first kappa shape index (κ1) is 14.5. The number of furan rings is 1. The first-order valence-electron chi connectivity index (χ1n) is 7.72. The zero-order valence-electron chi connectivity index (χ0n) is 12.5. The number of fused-ring (bicyclic) bond motifs is 2. The number of rotatable bonds is 3. The minimum absolute atomic E-state index is 0.143. The van der Waals surface area contributed by atoms with Crippen LogP contribution in [0.5, 0.6) is 0 Å². The molecule has 1 aliphatic rings. The molecular weight excluding hydrogens is 310 g/mol. The lowest BCUT2D eigenvalue weighted by Crippen LogP contribution is -2.42. The van der Waals surface area contributed by atoms with Gasteiger partial charge in [-0.3, -0.25) is 4.79 Å². The predicted octanol–water partition coefficient (Wildman–Crippen LogP) is 3.45. The van der Waals surface area contributed by atoms with Gasteiger partial charge in [-0.15, -0.1) is 11.3 Å². The van der Waals surface area contributed by atoms with E-state index in [1.807, 2.05) is 30.3 Å². The van der Waals surface area contributed by atoms with Crippen molar-refractivity contribution in [2.24, 2.45) is 0 Å². The topological polar surface area (TPSA) is 62.5 Å². The number of hydrogen-bond acceptors (Lipinski definition) is 4. The number of nitrogens with one attached hydrogen (secondary N) is 1. The van der Waals surface area contributed by atoms with Gasteiger partial charge in [-0.1, -0.05) is 18.2 Å². The Morgan fingerprint density at radius 3 is 3.09 bits per heavy atom. The number of aliphatic hydroxyl groups is 1. The first-order valence-corrected chi connectivity index (χ1v) is 8.53. The van der Waals surface area contributed by atoms with E-state index in [2.05, 4.69) is 5.32 Å². The van der Waals surface area contributed by atoms with Gasteiger partial charge in [0.25, 0.3) is 5.91 Å². The van der Waals surface area contributed by atoms with Crippen molar-refractivity contribution < 1.29 is 14.3 Å². The molecule has 1 aliphatic carbocycles. The van der Waals surface area contributed by atoms with Crippen LogP contribution in [0.15, 0.2) is 47.1 Å². The van der Waals surface area contributed by atoms with Crippen molar-refractivity contribution in [1.82, 2.24) is 5.32 Å². The van der Waals surface area contributed by atoms with Crippen molar-refractivity contribution in [3.8, 4) is 0 Å². The van der Waals surface area contributed by atoms with Gasteiger partial charge in [0.15, 0.2) is 0 Å². The third-order valence-electron chi connectivity index (χ3n) is 4.43. The number of amides is 1. The smallest absolute Gasteiger partial charge is 0.261 e. The predicted molar refractivity (Wildman–Crippen MR) is 89.7 cm³/mol. The summed E-state index contributed by atoms with van der Waals surface area (Å²) in [6.45, 7) is 0.201.